The zero-order valence-corrected chi connectivity index (χ0v) is 16.8. The van der Waals surface area contributed by atoms with Gasteiger partial charge in [0.1, 0.15) is 24.6 Å². The van der Waals surface area contributed by atoms with Crippen molar-refractivity contribution in [1.29, 1.82) is 0 Å². The molecular formula is C23H19N3O5. The normalized spacial score (nSPS) is 12.7. The highest BCUT2D eigenvalue weighted by Gasteiger charge is 2.16. The maximum atomic E-state index is 12.7. The average molecular weight is 417 g/mol. The van der Waals surface area contributed by atoms with Gasteiger partial charge in [0.05, 0.1) is 19.0 Å². The number of ether oxygens (including phenoxy) is 3. The van der Waals surface area contributed by atoms with E-state index in [4.69, 9.17) is 14.2 Å². The number of methoxy groups -OCH3 is 1. The Kier molecular flexibility index (Phi) is 4.66. The summed E-state index contributed by atoms with van der Waals surface area (Å²) in [7, 11) is 1.60. The first-order valence-electron chi connectivity index (χ1n) is 9.79. The number of pyridine rings is 1. The Bertz CT molecular complexity index is 1390. The van der Waals surface area contributed by atoms with Crippen molar-refractivity contribution < 1.29 is 14.2 Å². The van der Waals surface area contributed by atoms with E-state index in [9.17, 15) is 9.59 Å². The molecule has 2 aromatic carbocycles. The van der Waals surface area contributed by atoms with E-state index in [1.807, 2.05) is 42.5 Å². The summed E-state index contributed by atoms with van der Waals surface area (Å²) in [4.78, 5) is 32.2. The molecule has 0 spiro atoms. The Labute approximate surface area is 176 Å². The summed E-state index contributed by atoms with van der Waals surface area (Å²) >= 11 is 0. The fourth-order valence-electron chi connectivity index (χ4n) is 3.73. The minimum absolute atomic E-state index is 0.224. The van der Waals surface area contributed by atoms with Gasteiger partial charge in [-0.05, 0) is 47.0 Å². The maximum Gasteiger partial charge on any atom is 0.330 e. The van der Waals surface area contributed by atoms with Crippen LogP contribution in [0.1, 0.15) is 5.56 Å². The average Bonchev–Trinajstić information content (AvgIpc) is 2.81. The topological polar surface area (TPSA) is 95.4 Å². The lowest BCUT2D eigenvalue weighted by Crippen LogP contribution is -2.31. The lowest BCUT2D eigenvalue weighted by Gasteiger charge is -2.19. The highest BCUT2D eigenvalue weighted by atomic mass is 16.6. The van der Waals surface area contributed by atoms with E-state index in [-0.39, 0.29) is 6.54 Å². The first kappa shape index (κ1) is 18.9. The minimum Gasteiger partial charge on any atom is -0.497 e. The van der Waals surface area contributed by atoms with Crippen molar-refractivity contribution in [1.82, 2.24) is 14.5 Å². The molecule has 0 atom stereocenters. The van der Waals surface area contributed by atoms with Gasteiger partial charge in [0, 0.05) is 6.20 Å². The molecule has 0 aliphatic carbocycles. The molecule has 156 valence electrons. The smallest absolute Gasteiger partial charge is 0.330 e. The summed E-state index contributed by atoms with van der Waals surface area (Å²) in [6, 6.07) is 14.7. The number of nitrogens with zero attached hydrogens (tertiary/aromatic N) is 2. The largest absolute Gasteiger partial charge is 0.497 e. The molecule has 4 aromatic rings. The Morgan fingerprint density at radius 2 is 1.81 bits per heavy atom. The molecule has 0 saturated carbocycles. The molecule has 3 heterocycles. The van der Waals surface area contributed by atoms with Gasteiger partial charge in [0.15, 0.2) is 11.5 Å². The third-order valence-electron chi connectivity index (χ3n) is 5.23. The monoisotopic (exact) mass is 417 g/mol. The number of H-pyrrole nitrogens is 1. The summed E-state index contributed by atoms with van der Waals surface area (Å²) in [5.74, 6) is 2.03. The van der Waals surface area contributed by atoms with Crippen LogP contribution >= 0.6 is 0 Å². The number of rotatable bonds is 4. The predicted octanol–water partition coefficient (Wildman–Crippen LogP) is 2.58. The Hall–Kier alpha value is -4.07. The Morgan fingerprint density at radius 1 is 1.03 bits per heavy atom. The third-order valence-corrected chi connectivity index (χ3v) is 5.23. The fourth-order valence-corrected chi connectivity index (χ4v) is 3.73. The van der Waals surface area contributed by atoms with Gasteiger partial charge in [0.2, 0.25) is 0 Å². The van der Waals surface area contributed by atoms with Crippen LogP contribution in [-0.2, 0) is 6.54 Å². The lowest BCUT2D eigenvalue weighted by molar-refractivity contribution is 0.171. The number of benzene rings is 2. The summed E-state index contributed by atoms with van der Waals surface area (Å²) in [6.07, 6.45) is 1.60. The van der Waals surface area contributed by atoms with Crippen LogP contribution in [0, 0.1) is 0 Å². The van der Waals surface area contributed by atoms with Crippen molar-refractivity contribution in [3.8, 4) is 28.4 Å². The Balaban J connectivity index is 1.64. The highest BCUT2D eigenvalue weighted by molar-refractivity contribution is 5.92. The van der Waals surface area contributed by atoms with Gasteiger partial charge in [-0.25, -0.2) is 9.78 Å². The predicted molar refractivity (Wildman–Crippen MR) is 115 cm³/mol. The SMILES string of the molecule is COc1ccc(-c2ccnc3c2c(=O)[nH]c(=O)n3Cc2ccc3c(c2)OCCO3)cc1. The summed E-state index contributed by atoms with van der Waals surface area (Å²) in [6.45, 7) is 1.21. The molecule has 5 rings (SSSR count). The van der Waals surface area contributed by atoms with Crippen LogP contribution in [0.15, 0.2) is 64.3 Å². The van der Waals surface area contributed by atoms with Crippen molar-refractivity contribution in [2.24, 2.45) is 0 Å². The standard InChI is InChI=1S/C23H19N3O5/c1-29-16-5-3-15(4-6-16)17-8-9-24-21-20(17)22(27)25-23(28)26(21)13-14-2-7-18-19(12-14)31-11-10-30-18/h2-9,12H,10-11,13H2,1H3,(H,25,27,28). The zero-order chi connectivity index (χ0) is 21.4. The number of hydrogen-bond donors (Lipinski definition) is 1. The van der Waals surface area contributed by atoms with E-state index in [2.05, 4.69) is 9.97 Å². The van der Waals surface area contributed by atoms with E-state index < -0.39 is 11.2 Å². The Morgan fingerprint density at radius 3 is 2.58 bits per heavy atom. The number of fused-ring (bicyclic) bond motifs is 2. The van der Waals surface area contributed by atoms with Gasteiger partial charge in [-0.1, -0.05) is 18.2 Å². The molecule has 2 aromatic heterocycles. The summed E-state index contributed by atoms with van der Waals surface area (Å²) in [5.41, 5.74) is 1.66. The second-order valence-corrected chi connectivity index (χ2v) is 7.11. The van der Waals surface area contributed by atoms with Crippen molar-refractivity contribution in [2.75, 3.05) is 20.3 Å². The molecule has 0 fully saturated rings. The second kappa shape index (κ2) is 7.64. The highest BCUT2D eigenvalue weighted by Crippen LogP contribution is 2.31. The van der Waals surface area contributed by atoms with Crippen LogP contribution in [0.5, 0.6) is 17.2 Å². The van der Waals surface area contributed by atoms with Gasteiger partial charge in [-0.15, -0.1) is 0 Å². The molecule has 1 N–H and O–H groups in total. The second-order valence-electron chi connectivity index (χ2n) is 7.11. The van der Waals surface area contributed by atoms with Crippen molar-refractivity contribution >= 4 is 11.0 Å². The van der Waals surface area contributed by atoms with Gasteiger partial charge in [0.25, 0.3) is 5.56 Å². The number of aromatic nitrogens is 3. The summed E-state index contributed by atoms with van der Waals surface area (Å²) < 4.78 is 17.9. The van der Waals surface area contributed by atoms with E-state index in [0.29, 0.717) is 47.1 Å². The molecular weight excluding hydrogens is 398 g/mol. The first-order chi connectivity index (χ1) is 15.1. The zero-order valence-electron chi connectivity index (χ0n) is 16.8. The molecule has 8 nitrogen and oxygen atoms in total. The maximum absolute atomic E-state index is 12.7. The van der Waals surface area contributed by atoms with Gasteiger partial charge >= 0.3 is 5.69 Å². The van der Waals surface area contributed by atoms with Crippen LogP contribution in [-0.4, -0.2) is 34.9 Å². The molecule has 31 heavy (non-hydrogen) atoms. The summed E-state index contributed by atoms with van der Waals surface area (Å²) in [5, 5.41) is 0.352. The van der Waals surface area contributed by atoms with Gasteiger partial charge < -0.3 is 14.2 Å². The van der Waals surface area contributed by atoms with Crippen LogP contribution in [0.3, 0.4) is 0 Å². The van der Waals surface area contributed by atoms with E-state index >= 15 is 0 Å². The third kappa shape index (κ3) is 3.42. The molecule has 0 radical (unpaired) electrons. The molecule has 0 bridgehead atoms. The number of hydrogen-bond acceptors (Lipinski definition) is 6. The van der Waals surface area contributed by atoms with E-state index in [0.717, 1.165) is 11.1 Å². The van der Waals surface area contributed by atoms with Crippen LogP contribution in [0.4, 0.5) is 0 Å². The first-order valence-corrected chi connectivity index (χ1v) is 9.79. The lowest BCUT2D eigenvalue weighted by atomic mass is 10.0. The van der Waals surface area contributed by atoms with E-state index in [1.54, 1.807) is 19.4 Å². The molecule has 8 heteroatoms. The van der Waals surface area contributed by atoms with Gasteiger partial charge in [-0.3, -0.25) is 14.3 Å². The van der Waals surface area contributed by atoms with E-state index in [1.165, 1.54) is 4.57 Å². The number of nitrogens with one attached hydrogen (secondary N) is 1. The molecule has 0 amide bonds. The van der Waals surface area contributed by atoms with Crippen LogP contribution in [0.2, 0.25) is 0 Å². The van der Waals surface area contributed by atoms with Crippen LogP contribution in [0.25, 0.3) is 22.2 Å². The molecule has 0 unspecified atom stereocenters. The molecule has 1 aliphatic rings. The quantitative estimate of drug-likeness (QED) is 0.548. The van der Waals surface area contributed by atoms with Crippen molar-refractivity contribution in [3.05, 3.63) is 81.1 Å². The number of aromatic amines is 1. The molecule has 1 aliphatic heterocycles. The minimum atomic E-state index is -0.522. The molecule has 0 saturated heterocycles. The fraction of sp³-hybridized carbons (Fsp3) is 0.174. The van der Waals surface area contributed by atoms with Crippen molar-refractivity contribution in [3.63, 3.8) is 0 Å². The van der Waals surface area contributed by atoms with Crippen molar-refractivity contribution in [2.45, 2.75) is 6.54 Å². The van der Waals surface area contributed by atoms with Gasteiger partial charge in [-0.2, -0.15) is 0 Å². The van der Waals surface area contributed by atoms with Crippen LogP contribution < -0.4 is 25.5 Å².